The standard InChI is InChI=1S/C21H20N2O2/c1-13-19(14(2)25-22-13)15-10-11-17-18(12-15)21(3,23(4)20(17)24)16-8-6-5-7-9-16/h5-12H,1-4H3. The third kappa shape index (κ3) is 2.07. The summed E-state index contributed by atoms with van der Waals surface area (Å²) in [4.78, 5) is 14.6. The molecule has 1 aromatic heterocycles. The van der Waals surface area contributed by atoms with Gasteiger partial charge in [-0.3, -0.25) is 4.79 Å². The summed E-state index contributed by atoms with van der Waals surface area (Å²) >= 11 is 0. The van der Waals surface area contributed by atoms with Crippen LogP contribution in [0, 0.1) is 13.8 Å². The highest BCUT2D eigenvalue weighted by Crippen LogP contribution is 2.44. The van der Waals surface area contributed by atoms with E-state index in [1.165, 1.54) is 0 Å². The molecular formula is C21H20N2O2. The van der Waals surface area contributed by atoms with E-state index in [-0.39, 0.29) is 5.91 Å². The number of fused-ring (bicyclic) bond motifs is 1. The lowest BCUT2D eigenvalue weighted by atomic mass is 9.83. The Morgan fingerprint density at radius 1 is 1.08 bits per heavy atom. The highest BCUT2D eigenvalue weighted by molar-refractivity contribution is 6.01. The minimum atomic E-state index is -0.497. The molecule has 0 N–H and O–H groups in total. The van der Waals surface area contributed by atoms with E-state index in [4.69, 9.17) is 4.52 Å². The van der Waals surface area contributed by atoms with Crippen LogP contribution in [0.4, 0.5) is 0 Å². The molecule has 0 aliphatic carbocycles. The molecule has 0 fully saturated rings. The number of hydrogen-bond donors (Lipinski definition) is 0. The van der Waals surface area contributed by atoms with Gasteiger partial charge >= 0.3 is 0 Å². The topological polar surface area (TPSA) is 46.3 Å². The predicted octanol–water partition coefficient (Wildman–Crippen LogP) is 4.31. The van der Waals surface area contributed by atoms with Crippen LogP contribution >= 0.6 is 0 Å². The third-order valence-corrected chi connectivity index (χ3v) is 5.41. The minimum absolute atomic E-state index is 0.0478. The molecule has 2 aromatic carbocycles. The fourth-order valence-corrected chi connectivity index (χ4v) is 3.86. The van der Waals surface area contributed by atoms with E-state index < -0.39 is 5.54 Å². The number of nitrogens with zero attached hydrogens (tertiary/aromatic N) is 2. The van der Waals surface area contributed by atoms with Crippen molar-refractivity contribution < 1.29 is 9.32 Å². The highest BCUT2D eigenvalue weighted by atomic mass is 16.5. The number of benzene rings is 2. The Morgan fingerprint density at radius 2 is 1.80 bits per heavy atom. The maximum atomic E-state index is 12.8. The molecule has 4 heteroatoms. The molecule has 1 aliphatic rings. The van der Waals surface area contributed by atoms with Crippen LogP contribution in [0.2, 0.25) is 0 Å². The lowest BCUT2D eigenvalue weighted by Crippen LogP contribution is -2.39. The average Bonchev–Trinajstić information content (AvgIpc) is 3.06. The Morgan fingerprint density at radius 3 is 2.44 bits per heavy atom. The van der Waals surface area contributed by atoms with Gasteiger partial charge in [0.2, 0.25) is 0 Å². The van der Waals surface area contributed by atoms with E-state index >= 15 is 0 Å². The second-order valence-corrected chi connectivity index (χ2v) is 6.76. The summed E-state index contributed by atoms with van der Waals surface area (Å²) < 4.78 is 5.32. The van der Waals surface area contributed by atoms with Gasteiger partial charge in [0.05, 0.1) is 11.2 Å². The summed E-state index contributed by atoms with van der Waals surface area (Å²) in [5.41, 5.74) is 5.26. The van der Waals surface area contributed by atoms with Gasteiger partial charge in [-0.25, -0.2) is 0 Å². The molecule has 1 aliphatic heterocycles. The Bertz CT molecular complexity index is 955. The van der Waals surface area contributed by atoms with Gasteiger partial charge < -0.3 is 9.42 Å². The second kappa shape index (κ2) is 5.31. The van der Waals surface area contributed by atoms with E-state index in [9.17, 15) is 4.79 Å². The van der Waals surface area contributed by atoms with Crippen LogP contribution in [0.1, 0.15) is 39.9 Å². The number of carbonyl (C=O) groups is 1. The van der Waals surface area contributed by atoms with Gasteiger partial charge in [0.25, 0.3) is 5.91 Å². The van der Waals surface area contributed by atoms with Gasteiger partial charge in [-0.05, 0) is 49.6 Å². The summed E-state index contributed by atoms with van der Waals surface area (Å²) in [6.07, 6.45) is 0. The van der Waals surface area contributed by atoms with E-state index in [2.05, 4.69) is 30.3 Å². The molecule has 2 heterocycles. The molecule has 0 radical (unpaired) electrons. The van der Waals surface area contributed by atoms with Crippen molar-refractivity contribution in [1.29, 1.82) is 0 Å². The first-order chi connectivity index (χ1) is 11.9. The summed E-state index contributed by atoms with van der Waals surface area (Å²) in [5.74, 6) is 0.836. The van der Waals surface area contributed by atoms with Crippen molar-refractivity contribution in [3.8, 4) is 11.1 Å². The molecule has 4 nitrogen and oxygen atoms in total. The van der Waals surface area contributed by atoms with Crippen molar-refractivity contribution in [2.24, 2.45) is 0 Å². The van der Waals surface area contributed by atoms with Crippen LogP contribution in [-0.2, 0) is 5.54 Å². The van der Waals surface area contributed by atoms with Gasteiger partial charge in [-0.2, -0.15) is 0 Å². The molecule has 0 saturated carbocycles. The Labute approximate surface area is 147 Å². The molecule has 3 aromatic rings. The van der Waals surface area contributed by atoms with Crippen molar-refractivity contribution in [3.63, 3.8) is 0 Å². The first-order valence-electron chi connectivity index (χ1n) is 8.36. The fraction of sp³-hybridized carbons (Fsp3) is 0.238. The van der Waals surface area contributed by atoms with Crippen LogP contribution < -0.4 is 0 Å². The Hall–Kier alpha value is -2.88. The first kappa shape index (κ1) is 15.6. The molecule has 0 spiro atoms. The molecule has 1 amide bonds. The molecule has 0 saturated heterocycles. The van der Waals surface area contributed by atoms with E-state index in [1.807, 2.05) is 56.1 Å². The zero-order chi connectivity index (χ0) is 17.8. The van der Waals surface area contributed by atoms with Crippen LogP contribution in [0.25, 0.3) is 11.1 Å². The molecule has 126 valence electrons. The normalized spacial score (nSPS) is 19.4. The van der Waals surface area contributed by atoms with E-state index in [1.54, 1.807) is 0 Å². The smallest absolute Gasteiger partial charge is 0.254 e. The average molecular weight is 332 g/mol. The van der Waals surface area contributed by atoms with Crippen LogP contribution in [0.5, 0.6) is 0 Å². The SMILES string of the molecule is Cc1noc(C)c1-c1ccc2c(c1)C(C)(c1ccccc1)N(C)C2=O. The maximum Gasteiger partial charge on any atom is 0.254 e. The highest BCUT2D eigenvalue weighted by Gasteiger charge is 2.45. The third-order valence-electron chi connectivity index (χ3n) is 5.41. The monoisotopic (exact) mass is 332 g/mol. The Balaban J connectivity index is 1.96. The zero-order valence-corrected chi connectivity index (χ0v) is 14.8. The van der Waals surface area contributed by atoms with Gasteiger partial charge in [0, 0.05) is 18.2 Å². The van der Waals surface area contributed by atoms with Crippen molar-refractivity contribution in [1.82, 2.24) is 10.1 Å². The number of amides is 1. The van der Waals surface area contributed by atoms with Crippen molar-refractivity contribution in [2.75, 3.05) is 7.05 Å². The van der Waals surface area contributed by atoms with Crippen LogP contribution in [0.3, 0.4) is 0 Å². The molecular weight excluding hydrogens is 312 g/mol. The molecule has 1 unspecified atom stereocenters. The van der Waals surface area contributed by atoms with Crippen LogP contribution in [0.15, 0.2) is 53.1 Å². The summed E-state index contributed by atoms with van der Waals surface area (Å²) in [7, 11) is 1.87. The molecule has 0 bridgehead atoms. The fourth-order valence-electron chi connectivity index (χ4n) is 3.86. The lowest BCUT2D eigenvalue weighted by molar-refractivity contribution is 0.0716. The van der Waals surface area contributed by atoms with Gasteiger partial charge in [0.15, 0.2) is 0 Å². The number of rotatable bonds is 2. The van der Waals surface area contributed by atoms with Crippen molar-refractivity contribution in [3.05, 3.63) is 76.7 Å². The number of aryl methyl sites for hydroxylation is 2. The molecule has 25 heavy (non-hydrogen) atoms. The quantitative estimate of drug-likeness (QED) is 0.702. The number of hydrogen-bond acceptors (Lipinski definition) is 3. The van der Waals surface area contributed by atoms with E-state index in [0.29, 0.717) is 0 Å². The summed E-state index contributed by atoms with van der Waals surface area (Å²) in [5, 5.41) is 4.06. The largest absolute Gasteiger partial charge is 0.361 e. The number of carbonyl (C=O) groups excluding carboxylic acids is 1. The van der Waals surface area contributed by atoms with Gasteiger partial charge in [0.1, 0.15) is 5.76 Å². The molecule has 4 rings (SSSR count). The predicted molar refractivity (Wildman–Crippen MR) is 96.4 cm³/mol. The minimum Gasteiger partial charge on any atom is -0.361 e. The number of aromatic nitrogens is 1. The maximum absolute atomic E-state index is 12.8. The summed E-state index contributed by atoms with van der Waals surface area (Å²) in [6.45, 7) is 5.95. The zero-order valence-electron chi connectivity index (χ0n) is 14.8. The van der Waals surface area contributed by atoms with Crippen LogP contribution in [-0.4, -0.2) is 23.0 Å². The molecule has 1 atom stereocenters. The lowest BCUT2D eigenvalue weighted by Gasteiger charge is -2.34. The second-order valence-electron chi connectivity index (χ2n) is 6.76. The van der Waals surface area contributed by atoms with Gasteiger partial charge in [-0.1, -0.05) is 41.6 Å². The van der Waals surface area contributed by atoms with E-state index in [0.717, 1.165) is 39.3 Å². The van der Waals surface area contributed by atoms with Crippen molar-refractivity contribution in [2.45, 2.75) is 26.3 Å². The van der Waals surface area contributed by atoms with Crippen molar-refractivity contribution >= 4 is 5.91 Å². The summed E-state index contributed by atoms with van der Waals surface area (Å²) in [6, 6.07) is 16.2. The Kier molecular flexibility index (Phi) is 3.32. The van der Waals surface area contributed by atoms with Gasteiger partial charge in [-0.15, -0.1) is 0 Å². The first-order valence-corrected chi connectivity index (χ1v) is 8.36.